The molecule has 35 heavy (non-hydrogen) atoms. The first-order chi connectivity index (χ1) is 16.8. The van der Waals surface area contributed by atoms with Crippen LogP contribution in [0.25, 0.3) is 0 Å². The Kier molecular flexibility index (Phi) is 9.74. The molecular weight excluding hydrogens is 460 g/mol. The van der Waals surface area contributed by atoms with Crippen molar-refractivity contribution in [3.05, 3.63) is 101 Å². The fraction of sp³-hybridized carbons (Fsp3) is 0.310. The minimum atomic E-state index is -0.689. The molecule has 0 aliphatic rings. The van der Waals surface area contributed by atoms with Crippen molar-refractivity contribution in [3.8, 4) is 5.75 Å². The lowest BCUT2D eigenvalue weighted by molar-refractivity contribution is -0.142. The maximum absolute atomic E-state index is 13.6. The molecule has 0 radical (unpaired) electrons. The van der Waals surface area contributed by atoms with Gasteiger partial charge in [0, 0.05) is 24.5 Å². The van der Waals surface area contributed by atoms with Crippen LogP contribution in [0.2, 0.25) is 5.02 Å². The van der Waals surface area contributed by atoms with E-state index in [1.807, 2.05) is 75.4 Å². The van der Waals surface area contributed by atoms with E-state index >= 15 is 0 Å². The van der Waals surface area contributed by atoms with Crippen molar-refractivity contribution >= 4 is 23.4 Å². The normalized spacial score (nSPS) is 11.7. The third-order valence-corrected chi connectivity index (χ3v) is 5.95. The molecule has 0 aliphatic heterocycles. The van der Waals surface area contributed by atoms with Crippen LogP contribution in [-0.4, -0.2) is 35.9 Å². The van der Waals surface area contributed by atoms with E-state index in [9.17, 15) is 9.59 Å². The standard InChI is InChI=1S/C29H33ClN2O3/c1-21(2)18-31-29(34)27(16-23-11-5-4-6-12-23)32(19-24-13-8-7-10-22(24)3)28(33)20-35-26-15-9-14-25(30)17-26/h4-15,17,21,27H,16,18-20H2,1-3H3,(H,31,34)/t27-/m1/s1. The molecule has 0 saturated heterocycles. The van der Waals surface area contributed by atoms with E-state index in [1.165, 1.54) is 0 Å². The van der Waals surface area contributed by atoms with Crippen LogP contribution >= 0.6 is 11.6 Å². The van der Waals surface area contributed by atoms with Crippen LogP contribution < -0.4 is 10.1 Å². The van der Waals surface area contributed by atoms with Crippen molar-refractivity contribution < 1.29 is 14.3 Å². The van der Waals surface area contributed by atoms with E-state index in [4.69, 9.17) is 16.3 Å². The number of rotatable bonds is 11. The van der Waals surface area contributed by atoms with Crippen molar-refractivity contribution in [1.29, 1.82) is 0 Å². The number of benzene rings is 3. The summed E-state index contributed by atoms with van der Waals surface area (Å²) >= 11 is 6.06. The molecule has 0 unspecified atom stereocenters. The van der Waals surface area contributed by atoms with Crippen LogP contribution in [0.4, 0.5) is 0 Å². The van der Waals surface area contributed by atoms with Gasteiger partial charge >= 0.3 is 0 Å². The summed E-state index contributed by atoms with van der Waals surface area (Å²) in [5.74, 6) is 0.356. The summed E-state index contributed by atoms with van der Waals surface area (Å²) in [4.78, 5) is 28.6. The van der Waals surface area contributed by atoms with Gasteiger partial charge in [0.15, 0.2) is 6.61 Å². The number of amides is 2. The molecular formula is C29H33ClN2O3. The summed E-state index contributed by atoms with van der Waals surface area (Å²) in [5.41, 5.74) is 3.02. The van der Waals surface area contributed by atoms with Gasteiger partial charge in [0.25, 0.3) is 5.91 Å². The monoisotopic (exact) mass is 492 g/mol. The molecule has 3 aromatic rings. The SMILES string of the molecule is Cc1ccccc1CN(C(=O)COc1cccc(Cl)c1)[C@H](Cc1ccccc1)C(=O)NCC(C)C. The first-order valence-electron chi connectivity index (χ1n) is 11.9. The van der Waals surface area contributed by atoms with E-state index in [-0.39, 0.29) is 18.4 Å². The molecule has 0 heterocycles. The molecule has 0 bridgehead atoms. The van der Waals surface area contributed by atoms with Crippen molar-refractivity contribution in [1.82, 2.24) is 10.2 Å². The summed E-state index contributed by atoms with van der Waals surface area (Å²) in [5, 5.41) is 3.56. The van der Waals surface area contributed by atoms with E-state index in [2.05, 4.69) is 5.32 Å². The lowest BCUT2D eigenvalue weighted by Gasteiger charge is -2.32. The van der Waals surface area contributed by atoms with Crippen LogP contribution in [-0.2, 0) is 22.6 Å². The van der Waals surface area contributed by atoms with Gasteiger partial charge in [-0.2, -0.15) is 0 Å². The van der Waals surface area contributed by atoms with Gasteiger partial charge in [-0.3, -0.25) is 9.59 Å². The summed E-state index contributed by atoms with van der Waals surface area (Å²) in [7, 11) is 0. The van der Waals surface area contributed by atoms with Crippen molar-refractivity contribution in [2.45, 2.75) is 39.8 Å². The lowest BCUT2D eigenvalue weighted by Crippen LogP contribution is -2.52. The van der Waals surface area contributed by atoms with Gasteiger partial charge in [-0.05, 0) is 47.7 Å². The molecule has 6 heteroatoms. The summed E-state index contributed by atoms with van der Waals surface area (Å²) in [6.45, 7) is 6.73. The Bertz CT molecular complexity index is 1120. The number of carbonyl (C=O) groups is 2. The van der Waals surface area contributed by atoms with Crippen molar-refractivity contribution in [3.63, 3.8) is 0 Å². The number of hydrogen-bond donors (Lipinski definition) is 1. The first-order valence-corrected chi connectivity index (χ1v) is 12.2. The number of nitrogens with zero attached hydrogens (tertiary/aromatic N) is 1. The molecule has 1 atom stereocenters. The molecule has 0 fully saturated rings. The Hall–Kier alpha value is -3.31. The highest BCUT2D eigenvalue weighted by atomic mass is 35.5. The molecule has 3 rings (SSSR count). The van der Waals surface area contributed by atoms with Crippen LogP contribution in [0.5, 0.6) is 5.75 Å². The largest absolute Gasteiger partial charge is 0.484 e. The Labute approximate surface area is 213 Å². The van der Waals surface area contributed by atoms with E-state index in [0.717, 1.165) is 16.7 Å². The number of nitrogens with one attached hydrogen (secondary N) is 1. The summed E-state index contributed by atoms with van der Waals surface area (Å²) in [6, 6.07) is 23.9. The second-order valence-corrected chi connectivity index (χ2v) is 9.48. The zero-order valence-corrected chi connectivity index (χ0v) is 21.3. The second-order valence-electron chi connectivity index (χ2n) is 9.04. The van der Waals surface area contributed by atoms with Gasteiger partial charge in [-0.25, -0.2) is 0 Å². The highest BCUT2D eigenvalue weighted by Gasteiger charge is 2.31. The average molecular weight is 493 g/mol. The Morgan fingerprint density at radius 2 is 1.69 bits per heavy atom. The Morgan fingerprint density at radius 3 is 2.37 bits per heavy atom. The number of ether oxygens (including phenoxy) is 1. The highest BCUT2D eigenvalue weighted by molar-refractivity contribution is 6.30. The zero-order chi connectivity index (χ0) is 25.2. The second kappa shape index (κ2) is 13.0. The zero-order valence-electron chi connectivity index (χ0n) is 20.5. The van der Waals surface area contributed by atoms with Gasteiger partial charge in [0.2, 0.25) is 5.91 Å². The van der Waals surface area contributed by atoms with Crippen molar-refractivity contribution in [2.24, 2.45) is 5.92 Å². The molecule has 184 valence electrons. The summed E-state index contributed by atoms with van der Waals surface area (Å²) < 4.78 is 5.77. The third kappa shape index (κ3) is 8.15. The predicted octanol–water partition coefficient (Wildman–Crippen LogP) is 5.44. The Balaban J connectivity index is 1.91. The lowest BCUT2D eigenvalue weighted by atomic mass is 10.0. The number of halogens is 1. The fourth-order valence-electron chi connectivity index (χ4n) is 3.73. The third-order valence-electron chi connectivity index (χ3n) is 5.72. The van der Waals surface area contributed by atoms with Crippen LogP contribution in [0.1, 0.15) is 30.5 Å². The smallest absolute Gasteiger partial charge is 0.261 e. The number of aryl methyl sites for hydroxylation is 1. The number of hydrogen-bond acceptors (Lipinski definition) is 3. The van der Waals surface area contributed by atoms with E-state index < -0.39 is 6.04 Å². The highest BCUT2D eigenvalue weighted by Crippen LogP contribution is 2.20. The van der Waals surface area contributed by atoms with Crippen LogP contribution in [0, 0.1) is 12.8 Å². The van der Waals surface area contributed by atoms with Gasteiger partial charge in [0.05, 0.1) is 0 Å². The molecule has 5 nitrogen and oxygen atoms in total. The van der Waals surface area contributed by atoms with E-state index in [0.29, 0.717) is 36.2 Å². The summed E-state index contributed by atoms with van der Waals surface area (Å²) in [6.07, 6.45) is 0.402. The maximum Gasteiger partial charge on any atom is 0.261 e. The van der Waals surface area contributed by atoms with Gasteiger partial charge in [-0.15, -0.1) is 0 Å². The predicted molar refractivity (Wildman–Crippen MR) is 140 cm³/mol. The van der Waals surface area contributed by atoms with Crippen LogP contribution in [0.15, 0.2) is 78.9 Å². The van der Waals surface area contributed by atoms with Gasteiger partial charge in [0.1, 0.15) is 11.8 Å². The Morgan fingerprint density at radius 1 is 0.971 bits per heavy atom. The molecule has 0 aliphatic carbocycles. The number of carbonyl (C=O) groups excluding carboxylic acids is 2. The maximum atomic E-state index is 13.6. The average Bonchev–Trinajstić information content (AvgIpc) is 2.85. The molecule has 0 aromatic heterocycles. The van der Waals surface area contributed by atoms with Crippen molar-refractivity contribution in [2.75, 3.05) is 13.2 Å². The van der Waals surface area contributed by atoms with E-state index in [1.54, 1.807) is 29.2 Å². The topological polar surface area (TPSA) is 58.6 Å². The van der Waals surface area contributed by atoms with Crippen LogP contribution in [0.3, 0.4) is 0 Å². The fourth-order valence-corrected chi connectivity index (χ4v) is 3.91. The molecule has 2 amide bonds. The first kappa shape index (κ1) is 26.3. The molecule has 0 saturated carbocycles. The minimum absolute atomic E-state index is 0.174. The molecule has 3 aromatic carbocycles. The van der Waals surface area contributed by atoms with Gasteiger partial charge in [-0.1, -0.05) is 86.1 Å². The quantitative estimate of drug-likeness (QED) is 0.387. The van der Waals surface area contributed by atoms with Gasteiger partial charge < -0.3 is 15.0 Å². The molecule has 1 N–H and O–H groups in total. The molecule has 0 spiro atoms. The minimum Gasteiger partial charge on any atom is -0.484 e.